The van der Waals surface area contributed by atoms with Crippen LogP contribution in [0.15, 0.2) is 14.7 Å². The molecule has 2 rings (SSSR count). The monoisotopic (exact) mass is 337 g/mol. The average molecular weight is 338 g/mol. The zero-order valence-corrected chi connectivity index (χ0v) is 13.1. The van der Waals surface area contributed by atoms with E-state index in [2.05, 4.69) is 20.7 Å². The van der Waals surface area contributed by atoms with Crippen LogP contribution in [0.5, 0.6) is 0 Å². The first-order valence-corrected chi connectivity index (χ1v) is 8.72. The Labute approximate surface area is 115 Å². The molecule has 0 aliphatic heterocycles. The first-order valence-electron chi connectivity index (χ1n) is 5.62. The van der Waals surface area contributed by atoms with E-state index in [0.717, 1.165) is 34.3 Å². The molecule has 1 fully saturated rings. The maximum atomic E-state index is 12.3. The predicted octanol–water partition coefficient (Wildman–Crippen LogP) is 3.43. The molecule has 0 aromatic carbocycles. The minimum absolute atomic E-state index is 0.264. The van der Waals surface area contributed by atoms with Crippen LogP contribution < -0.4 is 4.72 Å². The average Bonchev–Trinajstić information content (AvgIpc) is 2.72. The number of nitrogens with one attached hydrogen (secondary N) is 1. The fraction of sp³-hybridized carbons (Fsp3) is 0.636. The van der Waals surface area contributed by atoms with Crippen molar-refractivity contribution in [3.63, 3.8) is 0 Å². The molecule has 0 amide bonds. The molecule has 0 saturated heterocycles. The van der Waals surface area contributed by atoms with E-state index in [-0.39, 0.29) is 5.54 Å². The largest absolute Gasteiger partial charge is 0.242 e. The van der Waals surface area contributed by atoms with Crippen molar-refractivity contribution in [2.45, 2.75) is 50.0 Å². The number of hydrogen-bond donors (Lipinski definition) is 1. The molecule has 1 aromatic heterocycles. The van der Waals surface area contributed by atoms with Gasteiger partial charge >= 0.3 is 0 Å². The number of halogens is 1. The maximum Gasteiger partial charge on any atom is 0.242 e. The summed E-state index contributed by atoms with van der Waals surface area (Å²) < 4.78 is 28.3. The summed E-state index contributed by atoms with van der Waals surface area (Å²) in [7, 11) is -3.38. The van der Waals surface area contributed by atoms with E-state index in [0.29, 0.717) is 4.90 Å². The van der Waals surface area contributed by atoms with Gasteiger partial charge in [-0.3, -0.25) is 0 Å². The van der Waals surface area contributed by atoms with Gasteiger partial charge in [-0.2, -0.15) is 0 Å². The molecular weight excluding hydrogens is 322 g/mol. The molecule has 3 nitrogen and oxygen atoms in total. The summed E-state index contributed by atoms with van der Waals surface area (Å²) in [6, 6.07) is 1.68. The van der Waals surface area contributed by atoms with Gasteiger partial charge in [0.2, 0.25) is 10.0 Å². The topological polar surface area (TPSA) is 46.2 Å². The molecule has 0 bridgehead atoms. The molecule has 0 radical (unpaired) electrons. The van der Waals surface area contributed by atoms with Crippen molar-refractivity contribution in [3.05, 3.63) is 14.7 Å². The summed E-state index contributed by atoms with van der Waals surface area (Å²) in [6.07, 6.45) is 4.06. The van der Waals surface area contributed by atoms with Gasteiger partial charge in [0, 0.05) is 10.4 Å². The Morgan fingerprint density at radius 1 is 1.41 bits per heavy atom. The molecule has 1 aromatic rings. The van der Waals surface area contributed by atoms with Crippen LogP contribution in [0, 0.1) is 6.92 Å². The predicted molar refractivity (Wildman–Crippen MR) is 74.0 cm³/mol. The third-order valence-electron chi connectivity index (χ3n) is 3.22. The van der Waals surface area contributed by atoms with Crippen LogP contribution in [0.1, 0.15) is 37.5 Å². The molecule has 1 N–H and O–H groups in total. The van der Waals surface area contributed by atoms with Crippen LogP contribution in [0.25, 0.3) is 0 Å². The smallest absolute Gasteiger partial charge is 0.207 e. The zero-order chi connectivity index (χ0) is 12.7. The Morgan fingerprint density at radius 2 is 2.00 bits per heavy atom. The minimum Gasteiger partial charge on any atom is -0.207 e. The van der Waals surface area contributed by atoms with Crippen molar-refractivity contribution in [2.24, 2.45) is 0 Å². The third-order valence-corrected chi connectivity index (χ3v) is 6.67. The molecular formula is C11H16BrNO2S2. The van der Waals surface area contributed by atoms with Gasteiger partial charge in [-0.1, -0.05) is 12.8 Å². The number of aryl methyl sites for hydroxylation is 1. The highest BCUT2D eigenvalue weighted by atomic mass is 79.9. The summed E-state index contributed by atoms with van der Waals surface area (Å²) in [4.78, 5) is 1.23. The van der Waals surface area contributed by atoms with E-state index in [9.17, 15) is 8.42 Å². The highest BCUT2D eigenvalue weighted by Gasteiger charge is 2.34. The highest BCUT2D eigenvalue weighted by Crippen LogP contribution is 2.33. The lowest BCUT2D eigenvalue weighted by molar-refractivity contribution is 0.427. The van der Waals surface area contributed by atoms with E-state index in [1.54, 1.807) is 6.07 Å². The van der Waals surface area contributed by atoms with Gasteiger partial charge in [-0.05, 0) is 48.7 Å². The number of sulfonamides is 1. The lowest BCUT2D eigenvalue weighted by atomic mass is 10.0. The SMILES string of the molecule is Cc1sc(Br)cc1S(=O)(=O)NC1(C)CCCC1. The van der Waals surface area contributed by atoms with Crippen LogP contribution in [-0.4, -0.2) is 14.0 Å². The van der Waals surface area contributed by atoms with Crippen molar-refractivity contribution in [3.8, 4) is 0 Å². The summed E-state index contributed by atoms with van der Waals surface area (Å²) in [5, 5.41) is 0. The molecule has 17 heavy (non-hydrogen) atoms. The first kappa shape index (κ1) is 13.5. The fourth-order valence-corrected chi connectivity index (χ4v) is 6.21. The lowest BCUT2D eigenvalue weighted by Gasteiger charge is -2.24. The van der Waals surface area contributed by atoms with Gasteiger partial charge in [0.15, 0.2) is 0 Å². The lowest BCUT2D eigenvalue weighted by Crippen LogP contribution is -2.43. The maximum absolute atomic E-state index is 12.3. The number of hydrogen-bond acceptors (Lipinski definition) is 3. The van der Waals surface area contributed by atoms with E-state index in [4.69, 9.17) is 0 Å². The van der Waals surface area contributed by atoms with Gasteiger partial charge in [0.05, 0.1) is 8.68 Å². The third kappa shape index (κ3) is 2.92. The fourth-order valence-electron chi connectivity index (χ4n) is 2.33. The second-order valence-electron chi connectivity index (χ2n) is 4.84. The molecule has 0 atom stereocenters. The van der Waals surface area contributed by atoms with Crippen molar-refractivity contribution >= 4 is 37.3 Å². The normalized spacial score (nSPS) is 19.7. The van der Waals surface area contributed by atoms with Crippen molar-refractivity contribution in [1.82, 2.24) is 4.72 Å². The van der Waals surface area contributed by atoms with Crippen molar-refractivity contribution < 1.29 is 8.42 Å². The van der Waals surface area contributed by atoms with E-state index in [1.165, 1.54) is 11.3 Å². The molecule has 96 valence electrons. The second-order valence-corrected chi connectivity index (χ2v) is 9.13. The van der Waals surface area contributed by atoms with Gasteiger partial charge in [-0.15, -0.1) is 11.3 Å². The Morgan fingerprint density at radius 3 is 2.47 bits per heavy atom. The van der Waals surface area contributed by atoms with Gasteiger partial charge < -0.3 is 0 Å². The molecule has 6 heteroatoms. The van der Waals surface area contributed by atoms with Crippen molar-refractivity contribution in [2.75, 3.05) is 0 Å². The zero-order valence-electron chi connectivity index (χ0n) is 9.92. The van der Waals surface area contributed by atoms with Crippen molar-refractivity contribution in [1.29, 1.82) is 0 Å². The van der Waals surface area contributed by atoms with Crippen LogP contribution in [-0.2, 0) is 10.0 Å². The first-order chi connectivity index (χ1) is 7.82. The second kappa shape index (κ2) is 4.64. The molecule has 1 saturated carbocycles. The molecule has 1 aliphatic carbocycles. The van der Waals surface area contributed by atoms with E-state index >= 15 is 0 Å². The van der Waals surface area contributed by atoms with Crippen LogP contribution in [0.3, 0.4) is 0 Å². The summed E-state index contributed by atoms with van der Waals surface area (Å²) in [6.45, 7) is 3.83. The van der Waals surface area contributed by atoms with Crippen LogP contribution in [0.2, 0.25) is 0 Å². The van der Waals surface area contributed by atoms with Gasteiger partial charge in [0.1, 0.15) is 0 Å². The summed E-state index contributed by atoms with van der Waals surface area (Å²) >= 11 is 4.78. The van der Waals surface area contributed by atoms with E-state index in [1.807, 2.05) is 13.8 Å². The summed E-state index contributed by atoms with van der Waals surface area (Å²) in [5.41, 5.74) is -0.264. The van der Waals surface area contributed by atoms with Gasteiger partial charge in [0.25, 0.3) is 0 Å². The van der Waals surface area contributed by atoms with Crippen LogP contribution >= 0.6 is 27.3 Å². The standard InChI is InChI=1S/C11H16BrNO2S2/c1-8-9(7-10(12)16-8)17(14,15)13-11(2)5-3-4-6-11/h7,13H,3-6H2,1-2H3. The molecule has 1 aliphatic rings. The number of rotatable bonds is 3. The highest BCUT2D eigenvalue weighted by molar-refractivity contribution is 9.11. The Balaban J connectivity index is 2.28. The minimum atomic E-state index is -3.38. The molecule has 1 heterocycles. The van der Waals surface area contributed by atoms with E-state index < -0.39 is 10.0 Å². The Kier molecular flexibility index (Phi) is 3.69. The Hall–Kier alpha value is 0.0900. The molecule has 0 spiro atoms. The van der Waals surface area contributed by atoms with Crippen LogP contribution in [0.4, 0.5) is 0 Å². The summed E-state index contributed by atoms with van der Waals surface area (Å²) in [5.74, 6) is 0. The number of thiophene rings is 1. The Bertz CT molecular complexity index is 516. The quantitative estimate of drug-likeness (QED) is 0.918. The van der Waals surface area contributed by atoms with Gasteiger partial charge in [-0.25, -0.2) is 13.1 Å². The molecule has 0 unspecified atom stereocenters.